The molecular weight excluding hydrogens is 368 g/mol. The molecular formula is C23H18N2O4. The summed E-state index contributed by atoms with van der Waals surface area (Å²) in [7, 11) is 0. The highest BCUT2D eigenvalue weighted by Gasteiger charge is 2.17. The van der Waals surface area contributed by atoms with Crippen LogP contribution in [0.4, 0.5) is 5.69 Å². The Morgan fingerprint density at radius 3 is 2.79 bits per heavy atom. The van der Waals surface area contributed by atoms with E-state index in [1.54, 1.807) is 12.3 Å². The molecule has 0 saturated heterocycles. The minimum Gasteiger partial charge on any atom is -0.464 e. The predicted molar refractivity (Wildman–Crippen MR) is 112 cm³/mol. The van der Waals surface area contributed by atoms with Crippen molar-refractivity contribution in [3.05, 3.63) is 76.0 Å². The van der Waals surface area contributed by atoms with Crippen molar-refractivity contribution in [2.45, 2.75) is 20.3 Å². The summed E-state index contributed by atoms with van der Waals surface area (Å²) in [6.07, 6.45) is 3.46. The van der Waals surface area contributed by atoms with Gasteiger partial charge in [0.05, 0.1) is 18.2 Å². The summed E-state index contributed by atoms with van der Waals surface area (Å²) < 4.78 is 11.0. The van der Waals surface area contributed by atoms with Crippen LogP contribution in [0.5, 0.6) is 0 Å². The van der Waals surface area contributed by atoms with E-state index in [0.717, 1.165) is 32.8 Å². The molecule has 2 aromatic carbocycles. The van der Waals surface area contributed by atoms with Gasteiger partial charge < -0.3 is 19.1 Å². The summed E-state index contributed by atoms with van der Waals surface area (Å²) in [5.41, 5.74) is 4.41. The second-order valence-corrected chi connectivity index (χ2v) is 7.26. The van der Waals surface area contributed by atoms with Gasteiger partial charge in [-0.2, -0.15) is 0 Å². The maximum atomic E-state index is 12.6. The molecule has 0 saturated carbocycles. The first-order valence-corrected chi connectivity index (χ1v) is 9.31. The number of carbonyl (C=O) groups is 1. The van der Waals surface area contributed by atoms with Gasteiger partial charge >= 0.3 is 5.63 Å². The van der Waals surface area contributed by atoms with Gasteiger partial charge in [-0.1, -0.05) is 0 Å². The normalized spacial score (nSPS) is 11.5. The number of nitrogens with one attached hydrogen (secondary N) is 2. The van der Waals surface area contributed by atoms with Gasteiger partial charge in [-0.15, -0.1) is 0 Å². The van der Waals surface area contributed by atoms with E-state index < -0.39 is 5.63 Å². The zero-order valence-corrected chi connectivity index (χ0v) is 16.0. The van der Waals surface area contributed by atoms with Crippen LogP contribution >= 0.6 is 0 Å². The molecule has 5 aromatic rings. The first kappa shape index (κ1) is 17.3. The fourth-order valence-electron chi connectivity index (χ4n) is 3.74. The van der Waals surface area contributed by atoms with E-state index in [1.165, 1.54) is 0 Å². The van der Waals surface area contributed by atoms with Crippen molar-refractivity contribution < 1.29 is 13.6 Å². The molecule has 3 heterocycles. The molecule has 1 amide bonds. The Bertz CT molecular complexity index is 1470. The fourth-order valence-corrected chi connectivity index (χ4v) is 3.74. The van der Waals surface area contributed by atoms with E-state index in [2.05, 4.69) is 10.3 Å². The number of hydrogen-bond donors (Lipinski definition) is 2. The monoisotopic (exact) mass is 386 g/mol. The van der Waals surface area contributed by atoms with Gasteiger partial charge in [-0.05, 0) is 55.3 Å². The number of hydrogen-bond acceptors (Lipinski definition) is 4. The molecule has 144 valence electrons. The minimum atomic E-state index is -0.506. The third kappa shape index (κ3) is 2.89. The van der Waals surface area contributed by atoms with E-state index in [9.17, 15) is 9.59 Å². The van der Waals surface area contributed by atoms with Crippen molar-refractivity contribution in [1.29, 1.82) is 0 Å². The second kappa shape index (κ2) is 6.38. The molecule has 0 spiro atoms. The van der Waals surface area contributed by atoms with Crippen LogP contribution in [0.15, 0.2) is 62.5 Å². The number of aromatic amines is 1. The van der Waals surface area contributed by atoms with Gasteiger partial charge in [0.2, 0.25) is 5.91 Å². The lowest BCUT2D eigenvalue weighted by molar-refractivity contribution is -0.115. The van der Waals surface area contributed by atoms with Crippen molar-refractivity contribution >= 4 is 44.4 Å². The molecule has 0 atom stereocenters. The van der Waals surface area contributed by atoms with Crippen LogP contribution in [0.1, 0.15) is 16.7 Å². The zero-order chi connectivity index (χ0) is 20.1. The number of fused-ring (bicyclic) bond motifs is 3. The number of aryl methyl sites for hydroxylation is 2. The van der Waals surface area contributed by atoms with Crippen molar-refractivity contribution in [2.24, 2.45) is 0 Å². The summed E-state index contributed by atoms with van der Waals surface area (Å²) >= 11 is 0. The van der Waals surface area contributed by atoms with Crippen molar-refractivity contribution in [1.82, 2.24) is 4.98 Å². The molecule has 0 aliphatic rings. The van der Waals surface area contributed by atoms with Gasteiger partial charge in [0.25, 0.3) is 0 Å². The quantitative estimate of drug-likeness (QED) is 0.435. The Hall–Kier alpha value is -3.80. The Kier molecular flexibility index (Phi) is 3.81. The van der Waals surface area contributed by atoms with Crippen molar-refractivity contribution in [3.63, 3.8) is 0 Å². The lowest BCUT2D eigenvalue weighted by Gasteiger charge is -2.09. The SMILES string of the molecule is Cc1coc2cc3oc(=O)c(CC(=O)Nc4ccc5[nH]ccc5c4)c(C)c3cc12. The molecule has 0 aliphatic carbocycles. The largest absolute Gasteiger partial charge is 0.464 e. The standard InChI is InChI=1S/C23H18N2O4/c1-12-11-28-20-10-21-17(8-16(12)20)13(2)18(23(27)29-21)9-22(26)25-15-3-4-19-14(7-15)5-6-24-19/h3-8,10-11,24H,9H2,1-2H3,(H,25,26). The molecule has 0 aliphatic heterocycles. The van der Waals surface area contributed by atoms with Gasteiger partial charge in [-0.3, -0.25) is 4.79 Å². The average molecular weight is 386 g/mol. The smallest absolute Gasteiger partial charge is 0.340 e. The number of aromatic nitrogens is 1. The van der Waals surface area contributed by atoms with Crippen molar-refractivity contribution in [3.8, 4) is 0 Å². The van der Waals surface area contributed by atoms with E-state index in [4.69, 9.17) is 8.83 Å². The number of anilines is 1. The second-order valence-electron chi connectivity index (χ2n) is 7.26. The number of benzene rings is 2. The van der Waals surface area contributed by atoms with Gasteiger partial charge in [0, 0.05) is 39.6 Å². The highest BCUT2D eigenvalue weighted by molar-refractivity contribution is 5.98. The lowest BCUT2D eigenvalue weighted by Crippen LogP contribution is -2.20. The zero-order valence-electron chi connectivity index (χ0n) is 16.0. The molecule has 3 aromatic heterocycles. The molecule has 2 N–H and O–H groups in total. The van der Waals surface area contributed by atoms with E-state index >= 15 is 0 Å². The van der Waals surface area contributed by atoms with Crippen LogP contribution in [-0.4, -0.2) is 10.9 Å². The van der Waals surface area contributed by atoms with Gasteiger partial charge in [0.1, 0.15) is 11.2 Å². The van der Waals surface area contributed by atoms with Gasteiger partial charge in [-0.25, -0.2) is 4.79 Å². The third-order valence-electron chi connectivity index (χ3n) is 5.35. The highest BCUT2D eigenvalue weighted by Crippen LogP contribution is 2.29. The molecule has 29 heavy (non-hydrogen) atoms. The summed E-state index contributed by atoms with van der Waals surface area (Å²) in [5.74, 6) is -0.268. The fraction of sp³-hybridized carbons (Fsp3) is 0.130. The molecule has 0 bridgehead atoms. The summed E-state index contributed by atoms with van der Waals surface area (Å²) in [6.45, 7) is 3.80. The molecule has 6 nitrogen and oxygen atoms in total. The summed E-state index contributed by atoms with van der Waals surface area (Å²) in [4.78, 5) is 28.3. The highest BCUT2D eigenvalue weighted by atomic mass is 16.4. The average Bonchev–Trinajstić information content (AvgIpc) is 3.30. The Morgan fingerprint density at radius 1 is 1.07 bits per heavy atom. The number of rotatable bonds is 3. The van der Waals surface area contributed by atoms with Crippen LogP contribution in [0.3, 0.4) is 0 Å². The first-order valence-electron chi connectivity index (χ1n) is 9.31. The lowest BCUT2D eigenvalue weighted by atomic mass is 10.0. The third-order valence-corrected chi connectivity index (χ3v) is 5.35. The predicted octanol–water partition coefficient (Wildman–Crippen LogP) is 4.82. The maximum Gasteiger partial charge on any atom is 0.340 e. The summed E-state index contributed by atoms with van der Waals surface area (Å²) in [6, 6.07) is 11.2. The van der Waals surface area contributed by atoms with Crippen LogP contribution in [0.25, 0.3) is 32.8 Å². The maximum absolute atomic E-state index is 12.6. The van der Waals surface area contributed by atoms with Crippen LogP contribution in [0.2, 0.25) is 0 Å². The summed E-state index contributed by atoms with van der Waals surface area (Å²) in [5, 5.41) is 5.63. The Morgan fingerprint density at radius 2 is 1.93 bits per heavy atom. The van der Waals surface area contributed by atoms with E-state index in [1.807, 2.05) is 50.4 Å². The molecule has 0 radical (unpaired) electrons. The number of furan rings is 1. The van der Waals surface area contributed by atoms with Crippen molar-refractivity contribution in [2.75, 3.05) is 5.32 Å². The number of H-pyrrole nitrogens is 1. The Balaban J connectivity index is 1.50. The van der Waals surface area contributed by atoms with Crippen LogP contribution < -0.4 is 10.9 Å². The molecule has 5 rings (SSSR count). The van der Waals surface area contributed by atoms with E-state index in [0.29, 0.717) is 22.4 Å². The topological polar surface area (TPSA) is 88.2 Å². The molecule has 6 heteroatoms. The van der Waals surface area contributed by atoms with E-state index in [-0.39, 0.29) is 12.3 Å². The Labute approximate surface area is 165 Å². The molecule has 0 unspecified atom stereocenters. The van der Waals surface area contributed by atoms with Gasteiger partial charge in [0.15, 0.2) is 0 Å². The number of carbonyl (C=O) groups excluding carboxylic acids is 1. The molecule has 0 fully saturated rings. The number of amides is 1. The minimum absolute atomic E-state index is 0.0579. The first-order chi connectivity index (χ1) is 14.0. The van der Waals surface area contributed by atoms with Crippen LogP contribution in [-0.2, 0) is 11.2 Å². The van der Waals surface area contributed by atoms with Crippen LogP contribution in [0, 0.1) is 13.8 Å².